The maximum absolute atomic E-state index is 12.1. The van der Waals surface area contributed by atoms with Crippen LogP contribution in [0.3, 0.4) is 0 Å². The number of rotatable bonds is 2. The van der Waals surface area contributed by atoms with E-state index in [0.717, 1.165) is 0 Å². The fraction of sp³-hybridized carbons (Fsp3) is 0.250. The molecule has 1 aromatic rings. The van der Waals surface area contributed by atoms with E-state index in [1.807, 2.05) is 22.6 Å². The fourth-order valence-corrected chi connectivity index (χ4v) is 1.87. The Morgan fingerprint density at radius 3 is 2.27 bits per heavy atom. The first kappa shape index (κ1) is 13.1. The Hall–Kier alpha value is 0.0700. The first-order valence-electron chi connectivity index (χ1n) is 3.63. The highest BCUT2D eigenvalue weighted by molar-refractivity contribution is 14.1. The Bertz CT molecular complexity index is 366. The molecule has 0 radical (unpaired) electrons. The number of alkyl halides is 3. The zero-order chi connectivity index (χ0) is 11.6. The van der Waals surface area contributed by atoms with Gasteiger partial charge < -0.3 is 9.47 Å². The van der Waals surface area contributed by atoms with Crippen molar-refractivity contribution in [3.8, 4) is 11.5 Å². The van der Waals surface area contributed by atoms with E-state index in [-0.39, 0.29) is 11.5 Å². The molecule has 0 N–H and O–H groups in total. The van der Waals surface area contributed by atoms with Crippen LogP contribution in [0.2, 0.25) is 0 Å². The fourth-order valence-electron chi connectivity index (χ4n) is 0.886. The highest BCUT2D eigenvalue weighted by Gasteiger charge is 2.33. The average Bonchev–Trinajstić information content (AvgIpc) is 2.11. The van der Waals surface area contributed by atoms with E-state index >= 15 is 0 Å². The van der Waals surface area contributed by atoms with E-state index in [0.29, 0.717) is 7.14 Å². The molecule has 1 rings (SSSR count). The van der Waals surface area contributed by atoms with Gasteiger partial charge in [-0.1, -0.05) is 0 Å². The van der Waals surface area contributed by atoms with Crippen molar-refractivity contribution < 1.29 is 22.6 Å². The minimum absolute atomic E-state index is 0.0668. The molecule has 0 saturated carbocycles. The molecule has 0 unspecified atom stereocenters. The molecule has 0 amide bonds. The monoisotopic (exact) mass is 444 g/mol. The summed E-state index contributed by atoms with van der Waals surface area (Å²) in [6.45, 7) is 0. The van der Waals surface area contributed by atoms with Gasteiger partial charge >= 0.3 is 6.36 Å². The molecule has 0 spiro atoms. The molecule has 1 aromatic carbocycles. The molecule has 0 aliphatic heterocycles. The highest BCUT2D eigenvalue weighted by Crippen LogP contribution is 2.38. The number of benzene rings is 1. The van der Waals surface area contributed by atoms with Crippen LogP contribution in [0.25, 0.3) is 0 Å². The van der Waals surface area contributed by atoms with E-state index < -0.39 is 6.36 Å². The van der Waals surface area contributed by atoms with Crippen molar-refractivity contribution in [2.75, 3.05) is 7.11 Å². The van der Waals surface area contributed by atoms with Gasteiger partial charge in [0.05, 0.1) is 10.7 Å². The molecule has 0 aliphatic carbocycles. The second-order valence-electron chi connectivity index (χ2n) is 2.44. The molecular weight excluding hydrogens is 439 g/mol. The topological polar surface area (TPSA) is 18.5 Å². The molecule has 0 saturated heterocycles. The maximum atomic E-state index is 12.1. The lowest BCUT2D eigenvalue weighted by atomic mass is 10.3. The van der Waals surface area contributed by atoms with Gasteiger partial charge in [-0.3, -0.25) is 0 Å². The Kier molecular flexibility index (Phi) is 4.32. The Morgan fingerprint density at radius 2 is 1.80 bits per heavy atom. The molecule has 84 valence electrons. The van der Waals surface area contributed by atoms with Crippen LogP contribution in [-0.2, 0) is 0 Å². The molecular formula is C8H5F3I2O2. The predicted molar refractivity (Wildman–Crippen MR) is 65.1 cm³/mol. The number of hydrogen-bond acceptors (Lipinski definition) is 2. The smallest absolute Gasteiger partial charge is 0.493 e. The van der Waals surface area contributed by atoms with Gasteiger partial charge in [0.25, 0.3) is 0 Å². The molecule has 0 aliphatic rings. The van der Waals surface area contributed by atoms with E-state index in [9.17, 15) is 13.2 Å². The van der Waals surface area contributed by atoms with Crippen LogP contribution in [0.15, 0.2) is 12.1 Å². The van der Waals surface area contributed by atoms with Crippen LogP contribution in [0.1, 0.15) is 0 Å². The first-order valence-corrected chi connectivity index (χ1v) is 5.78. The third-order valence-electron chi connectivity index (χ3n) is 1.45. The largest absolute Gasteiger partial charge is 0.573 e. The van der Waals surface area contributed by atoms with Crippen molar-refractivity contribution in [3.05, 3.63) is 19.3 Å². The summed E-state index contributed by atoms with van der Waals surface area (Å²) in [4.78, 5) is 0. The second kappa shape index (κ2) is 4.93. The van der Waals surface area contributed by atoms with Gasteiger partial charge in [0, 0.05) is 3.57 Å². The van der Waals surface area contributed by atoms with Gasteiger partial charge in [0.1, 0.15) is 0 Å². The third-order valence-corrected chi connectivity index (χ3v) is 4.45. The number of halogens is 5. The first-order chi connectivity index (χ1) is 6.85. The van der Waals surface area contributed by atoms with E-state index in [1.165, 1.54) is 13.2 Å². The summed E-state index contributed by atoms with van der Waals surface area (Å²) in [5, 5.41) is 0. The number of methoxy groups -OCH3 is 1. The summed E-state index contributed by atoms with van der Waals surface area (Å²) in [5.41, 5.74) is 0. The average molecular weight is 444 g/mol. The lowest BCUT2D eigenvalue weighted by Gasteiger charge is -2.14. The Labute approximate surface area is 111 Å². The SMILES string of the molecule is COc1ccc(I)c(I)c1OC(F)(F)F. The van der Waals surface area contributed by atoms with Crippen LogP contribution in [-0.4, -0.2) is 13.5 Å². The maximum Gasteiger partial charge on any atom is 0.573 e. The quantitative estimate of drug-likeness (QED) is 0.647. The Balaban J connectivity index is 3.18. The van der Waals surface area contributed by atoms with Gasteiger partial charge in [0.15, 0.2) is 11.5 Å². The minimum Gasteiger partial charge on any atom is -0.493 e. The van der Waals surface area contributed by atoms with Crippen LogP contribution < -0.4 is 9.47 Å². The zero-order valence-corrected chi connectivity index (χ0v) is 11.7. The van der Waals surface area contributed by atoms with Crippen molar-refractivity contribution in [2.24, 2.45) is 0 Å². The van der Waals surface area contributed by atoms with Crippen molar-refractivity contribution in [2.45, 2.75) is 6.36 Å². The van der Waals surface area contributed by atoms with Crippen molar-refractivity contribution in [1.29, 1.82) is 0 Å². The summed E-state index contributed by atoms with van der Waals surface area (Å²) in [6, 6.07) is 3.09. The van der Waals surface area contributed by atoms with Crippen molar-refractivity contribution in [1.82, 2.24) is 0 Å². The number of hydrogen-bond donors (Lipinski definition) is 0. The molecule has 0 heterocycles. The number of ether oxygens (including phenoxy) is 2. The molecule has 0 bridgehead atoms. The predicted octanol–water partition coefficient (Wildman–Crippen LogP) is 3.80. The van der Waals surface area contributed by atoms with E-state index in [1.54, 1.807) is 28.7 Å². The second-order valence-corrected chi connectivity index (χ2v) is 4.68. The van der Waals surface area contributed by atoms with Gasteiger partial charge in [-0.2, -0.15) is 0 Å². The molecule has 2 nitrogen and oxygen atoms in total. The van der Waals surface area contributed by atoms with E-state index in [2.05, 4.69) is 4.74 Å². The van der Waals surface area contributed by atoms with Crippen LogP contribution in [0.4, 0.5) is 13.2 Å². The molecule has 0 atom stereocenters. The zero-order valence-electron chi connectivity index (χ0n) is 7.36. The minimum atomic E-state index is -4.71. The summed E-state index contributed by atoms with van der Waals surface area (Å²) in [5.74, 6) is -0.227. The molecule has 0 fully saturated rings. The summed E-state index contributed by atoms with van der Waals surface area (Å²) in [6.07, 6.45) is -4.71. The summed E-state index contributed by atoms with van der Waals surface area (Å²) < 4.78 is 46.0. The Morgan fingerprint density at radius 1 is 1.20 bits per heavy atom. The molecule has 0 aromatic heterocycles. The highest BCUT2D eigenvalue weighted by atomic mass is 127. The van der Waals surface area contributed by atoms with E-state index in [4.69, 9.17) is 4.74 Å². The lowest BCUT2D eigenvalue weighted by Crippen LogP contribution is -2.18. The van der Waals surface area contributed by atoms with Gasteiger partial charge in [-0.25, -0.2) is 0 Å². The lowest BCUT2D eigenvalue weighted by molar-refractivity contribution is -0.275. The molecule has 7 heteroatoms. The van der Waals surface area contributed by atoms with Crippen LogP contribution in [0.5, 0.6) is 11.5 Å². The van der Waals surface area contributed by atoms with Crippen molar-refractivity contribution in [3.63, 3.8) is 0 Å². The van der Waals surface area contributed by atoms with Crippen LogP contribution in [0, 0.1) is 7.14 Å². The summed E-state index contributed by atoms with van der Waals surface area (Å²) >= 11 is 3.71. The summed E-state index contributed by atoms with van der Waals surface area (Å²) in [7, 11) is 1.29. The third kappa shape index (κ3) is 3.54. The van der Waals surface area contributed by atoms with Gasteiger partial charge in [0.2, 0.25) is 0 Å². The van der Waals surface area contributed by atoms with Gasteiger partial charge in [-0.15, -0.1) is 13.2 Å². The normalized spacial score (nSPS) is 11.3. The molecule has 15 heavy (non-hydrogen) atoms. The van der Waals surface area contributed by atoms with Crippen molar-refractivity contribution >= 4 is 45.2 Å². The van der Waals surface area contributed by atoms with Crippen LogP contribution >= 0.6 is 45.2 Å². The standard InChI is InChI=1S/C8H5F3I2O2/c1-14-5-3-2-4(12)6(13)7(5)15-8(9,10)11/h2-3H,1H3. The van der Waals surface area contributed by atoms with Gasteiger partial charge in [-0.05, 0) is 57.3 Å².